The van der Waals surface area contributed by atoms with Gasteiger partial charge >= 0.3 is 5.97 Å². The van der Waals surface area contributed by atoms with Crippen LogP contribution in [0.4, 0.5) is 5.69 Å². The molecule has 2 atom stereocenters. The number of benzene rings is 2. The molecule has 2 aromatic rings. The second kappa shape index (κ2) is 11.6. The van der Waals surface area contributed by atoms with E-state index in [-0.39, 0.29) is 36.1 Å². The average molecular weight is 441 g/mol. The normalized spacial score (nSPS) is 12.5. The number of hydrogen-bond donors (Lipinski definition) is 2. The molecular weight excluding hydrogens is 414 g/mol. The van der Waals surface area contributed by atoms with Crippen LogP contribution in [-0.4, -0.2) is 34.9 Å². The van der Waals surface area contributed by atoms with Gasteiger partial charge in [-0.15, -0.1) is 0 Å². The Labute approximate surface area is 186 Å². The second-order valence-corrected chi connectivity index (χ2v) is 7.62. The molecule has 2 rings (SSSR count). The molecule has 0 fully saturated rings. The molecule has 0 spiro atoms. The fraction of sp³-hybridized carbons (Fsp3) is 0.348. The maximum absolute atomic E-state index is 12.7. The Morgan fingerprint density at radius 3 is 2.19 bits per heavy atom. The van der Waals surface area contributed by atoms with Crippen molar-refractivity contribution in [1.29, 1.82) is 0 Å². The van der Waals surface area contributed by atoms with Crippen molar-refractivity contribution in [3.63, 3.8) is 0 Å². The summed E-state index contributed by atoms with van der Waals surface area (Å²) in [6.07, 6.45) is -0.702. The number of nitro benzene ring substituents is 1. The summed E-state index contributed by atoms with van der Waals surface area (Å²) in [5.41, 5.74) is 0.460. The van der Waals surface area contributed by atoms with Gasteiger partial charge in [0, 0.05) is 24.1 Å². The molecule has 2 aromatic carbocycles. The van der Waals surface area contributed by atoms with Crippen molar-refractivity contribution in [2.24, 2.45) is 0 Å². The van der Waals surface area contributed by atoms with Crippen molar-refractivity contribution >= 4 is 23.5 Å². The second-order valence-electron chi connectivity index (χ2n) is 7.62. The molecule has 2 amide bonds. The SMILES string of the molecule is CC(CC(=O)NC(CC(=O)OC(C)C)c1ccccc1[N+](=O)[O-])NC(=O)c1ccccc1. The Morgan fingerprint density at radius 1 is 0.938 bits per heavy atom. The van der Waals surface area contributed by atoms with Crippen LogP contribution in [0, 0.1) is 10.1 Å². The van der Waals surface area contributed by atoms with Crippen molar-refractivity contribution < 1.29 is 24.0 Å². The molecule has 32 heavy (non-hydrogen) atoms. The number of ether oxygens (including phenoxy) is 1. The van der Waals surface area contributed by atoms with Crippen LogP contribution in [0.2, 0.25) is 0 Å². The minimum Gasteiger partial charge on any atom is -0.463 e. The first-order valence-corrected chi connectivity index (χ1v) is 10.3. The maximum Gasteiger partial charge on any atom is 0.308 e. The molecule has 0 aromatic heterocycles. The maximum atomic E-state index is 12.7. The van der Waals surface area contributed by atoms with Crippen molar-refractivity contribution in [2.45, 2.75) is 51.8 Å². The van der Waals surface area contributed by atoms with E-state index < -0.39 is 28.9 Å². The topological polar surface area (TPSA) is 128 Å². The van der Waals surface area contributed by atoms with E-state index in [0.717, 1.165) is 0 Å². The lowest BCUT2D eigenvalue weighted by atomic mass is 10.0. The highest BCUT2D eigenvalue weighted by molar-refractivity contribution is 5.94. The molecule has 9 nitrogen and oxygen atoms in total. The van der Waals surface area contributed by atoms with Crippen LogP contribution in [-0.2, 0) is 14.3 Å². The summed E-state index contributed by atoms with van der Waals surface area (Å²) in [5, 5.41) is 16.9. The average Bonchev–Trinajstić information content (AvgIpc) is 2.73. The fourth-order valence-corrected chi connectivity index (χ4v) is 3.14. The lowest BCUT2D eigenvalue weighted by molar-refractivity contribution is -0.385. The standard InChI is InChI=1S/C23H27N3O6/c1-15(2)32-22(28)14-19(18-11-7-8-12-20(18)26(30)31)25-21(27)13-16(3)24-23(29)17-9-5-4-6-10-17/h4-12,15-16,19H,13-14H2,1-3H3,(H,24,29)(H,25,27). The van der Waals surface area contributed by atoms with Crippen LogP contribution in [0.3, 0.4) is 0 Å². The van der Waals surface area contributed by atoms with Gasteiger partial charge in [-0.25, -0.2) is 0 Å². The highest BCUT2D eigenvalue weighted by atomic mass is 16.6. The first kappa shape index (κ1) is 24.5. The Hall–Kier alpha value is -3.75. The van der Waals surface area contributed by atoms with E-state index in [1.165, 1.54) is 18.2 Å². The van der Waals surface area contributed by atoms with E-state index in [2.05, 4.69) is 10.6 Å². The van der Waals surface area contributed by atoms with Crippen LogP contribution in [0.5, 0.6) is 0 Å². The number of hydrogen-bond acceptors (Lipinski definition) is 6. The molecule has 0 aliphatic heterocycles. The van der Waals surface area contributed by atoms with Crippen LogP contribution in [0.1, 0.15) is 55.6 Å². The zero-order valence-electron chi connectivity index (χ0n) is 18.2. The van der Waals surface area contributed by atoms with Crippen LogP contribution >= 0.6 is 0 Å². The van der Waals surface area contributed by atoms with Crippen LogP contribution in [0.25, 0.3) is 0 Å². The van der Waals surface area contributed by atoms with Gasteiger partial charge in [-0.3, -0.25) is 24.5 Å². The molecule has 2 N–H and O–H groups in total. The number of rotatable bonds is 10. The summed E-state index contributed by atoms with van der Waals surface area (Å²) in [6, 6.07) is 13.0. The first-order chi connectivity index (χ1) is 15.2. The highest BCUT2D eigenvalue weighted by Gasteiger charge is 2.27. The number of carbonyl (C=O) groups is 3. The number of para-hydroxylation sites is 1. The summed E-state index contributed by atoms with van der Waals surface area (Å²) >= 11 is 0. The van der Waals surface area contributed by atoms with E-state index in [0.29, 0.717) is 5.56 Å². The van der Waals surface area contributed by atoms with E-state index >= 15 is 0 Å². The molecule has 0 bridgehead atoms. The molecule has 0 radical (unpaired) electrons. The predicted molar refractivity (Wildman–Crippen MR) is 118 cm³/mol. The smallest absolute Gasteiger partial charge is 0.308 e. The molecule has 9 heteroatoms. The summed E-state index contributed by atoms with van der Waals surface area (Å²) in [6.45, 7) is 5.05. The van der Waals surface area contributed by atoms with Crippen molar-refractivity contribution in [3.8, 4) is 0 Å². The summed E-state index contributed by atoms with van der Waals surface area (Å²) in [7, 11) is 0. The molecule has 0 heterocycles. The number of nitro groups is 1. The van der Waals surface area contributed by atoms with E-state index in [1.54, 1.807) is 57.2 Å². The summed E-state index contributed by atoms with van der Waals surface area (Å²) in [5.74, 6) is -1.37. The Bertz CT molecular complexity index is 961. The van der Waals surface area contributed by atoms with Crippen molar-refractivity contribution in [2.75, 3.05) is 0 Å². The fourth-order valence-electron chi connectivity index (χ4n) is 3.14. The molecule has 0 saturated carbocycles. The summed E-state index contributed by atoms with van der Waals surface area (Å²) < 4.78 is 5.15. The van der Waals surface area contributed by atoms with Gasteiger partial charge in [0.1, 0.15) is 0 Å². The van der Waals surface area contributed by atoms with Gasteiger partial charge in [-0.1, -0.05) is 36.4 Å². The minimum atomic E-state index is -0.952. The van der Waals surface area contributed by atoms with E-state index in [1.807, 2.05) is 0 Å². The molecule has 2 unspecified atom stereocenters. The number of nitrogens with zero attached hydrogens (tertiary/aromatic N) is 1. The zero-order chi connectivity index (χ0) is 23.7. The van der Waals surface area contributed by atoms with Gasteiger partial charge < -0.3 is 15.4 Å². The van der Waals surface area contributed by atoms with Crippen molar-refractivity contribution in [3.05, 3.63) is 75.8 Å². The number of nitrogens with one attached hydrogen (secondary N) is 2. The largest absolute Gasteiger partial charge is 0.463 e. The zero-order valence-corrected chi connectivity index (χ0v) is 18.2. The Morgan fingerprint density at radius 2 is 1.56 bits per heavy atom. The lowest BCUT2D eigenvalue weighted by Crippen LogP contribution is -2.39. The number of carbonyl (C=O) groups excluding carboxylic acids is 3. The van der Waals surface area contributed by atoms with Gasteiger partial charge in [-0.05, 0) is 32.9 Å². The van der Waals surface area contributed by atoms with E-state index in [9.17, 15) is 24.5 Å². The Kier molecular flexibility index (Phi) is 8.88. The predicted octanol–water partition coefficient (Wildman–Crippen LogP) is 3.30. The molecule has 0 saturated heterocycles. The van der Waals surface area contributed by atoms with Crippen molar-refractivity contribution in [1.82, 2.24) is 10.6 Å². The van der Waals surface area contributed by atoms with Gasteiger partial charge in [-0.2, -0.15) is 0 Å². The lowest BCUT2D eigenvalue weighted by Gasteiger charge is -2.21. The molecule has 0 aliphatic rings. The molecule has 0 aliphatic carbocycles. The minimum absolute atomic E-state index is 0.0745. The molecule has 170 valence electrons. The number of esters is 1. The van der Waals surface area contributed by atoms with Gasteiger partial charge in [0.15, 0.2) is 0 Å². The first-order valence-electron chi connectivity index (χ1n) is 10.3. The third-order valence-electron chi connectivity index (χ3n) is 4.49. The highest BCUT2D eigenvalue weighted by Crippen LogP contribution is 2.27. The Balaban J connectivity index is 2.11. The van der Waals surface area contributed by atoms with Crippen LogP contribution < -0.4 is 10.6 Å². The summed E-state index contributed by atoms with van der Waals surface area (Å²) in [4.78, 5) is 48.0. The van der Waals surface area contributed by atoms with Gasteiger partial charge in [0.05, 0.1) is 29.1 Å². The molecular formula is C23H27N3O6. The number of amides is 2. The monoisotopic (exact) mass is 441 g/mol. The third-order valence-corrected chi connectivity index (χ3v) is 4.49. The van der Waals surface area contributed by atoms with Gasteiger partial charge in [0.25, 0.3) is 11.6 Å². The van der Waals surface area contributed by atoms with Crippen LogP contribution in [0.15, 0.2) is 54.6 Å². The van der Waals surface area contributed by atoms with Gasteiger partial charge in [0.2, 0.25) is 5.91 Å². The van der Waals surface area contributed by atoms with E-state index in [4.69, 9.17) is 4.74 Å². The quantitative estimate of drug-likeness (QED) is 0.331. The third kappa shape index (κ3) is 7.50.